The van der Waals surface area contributed by atoms with Crippen LogP contribution < -0.4 is 21.1 Å². The van der Waals surface area contributed by atoms with E-state index in [9.17, 15) is 9.59 Å². The zero-order valence-electron chi connectivity index (χ0n) is 14.2. The minimum atomic E-state index is -0.269. The zero-order chi connectivity index (χ0) is 18.1. The predicted octanol–water partition coefficient (Wildman–Crippen LogP) is 2.55. The summed E-state index contributed by atoms with van der Waals surface area (Å²) in [6.45, 7) is 2.20. The van der Waals surface area contributed by atoms with Crippen molar-refractivity contribution in [1.29, 1.82) is 0 Å². The zero-order valence-corrected chi connectivity index (χ0v) is 14.2. The van der Waals surface area contributed by atoms with E-state index in [4.69, 9.17) is 10.5 Å². The standard InChI is InChI=1S/C19H23N3O3/c1-2-14-8-9-15(12-17(14)22-19(24)13-20)21-18(23)10-11-25-16-6-4-3-5-7-16/h3-9,12H,2,10-11,13,20H2,1H3,(H,21,23)(H,22,24). The lowest BCUT2D eigenvalue weighted by atomic mass is 10.1. The van der Waals surface area contributed by atoms with Gasteiger partial charge in [-0.25, -0.2) is 0 Å². The highest BCUT2D eigenvalue weighted by Crippen LogP contribution is 2.22. The van der Waals surface area contributed by atoms with Crippen LogP contribution in [0.25, 0.3) is 0 Å². The Balaban J connectivity index is 1.91. The summed E-state index contributed by atoms with van der Waals surface area (Å²) in [6, 6.07) is 14.8. The number of carbonyl (C=O) groups excluding carboxylic acids is 2. The van der Waals surface area contributed by atoms with E-state index in [0.717, 1.165) is 17.7 Å². The van der Waals surface area contributed by atoms with Crippen LogP contribution in [0.15, 0.2) is 48.5 Å². The van der Waals surface area contributed by atoms with Gasteiger partial charge in [-0.05, 0) is 36.2 Å². The first kappa shape index (κ1) is 18.5. The van der Waals surface area contributed by atoms with Gasteiger partial charge in [0.15, 0.2) is 0 Å². The SMILES string of the molecule is CCc1ccc(NC(=O)CCOc2ccccc2)cc1NC(=O)CN. The van der Waals surface area contributed by atoms with Crippen LogP contribution in [0.3, 0.4) is 0 Å². The second-order valence-corrected chi connectivity index (χ2v) is 5.44. The molecule has 6 nitrogen and oxygen atoms in total. The number of ether oxygens (including phenoxy) is 1. The Hall–Kier alpha value is -2.86. The first-order valence-electron chi connectivity index (χ1n) is 8.23. The van der Waals surface area contributed by atoms with Crippen molar-refractivity contribution in [3.05, 3.63) is 54.1 Å². The van der Waals surface area contributed by atoms with Gasteiger partial charge in [-0.1, -0.05) is 31.2 Å². The van der Waals surface area contributed by atoms with Crippen LogP contribution in [0.1, 0.15) is 18.9 Å². The maximum atomic E-state index is 12.0. The molecule has 0 aromatic heterocycles. The molecular weight excluding hydrogens is 318 g/mol. The van der Waals surface area contributed by atoms with Crippen LogP contribution in [-0.2, 0) is 16.0 Å². The molecule has 0 radical (unpaired) electrons. The van der Waals surface area contributed by atoms with E-state index >= 15 is 0 Å². The van der Waals surface area contributed by atoms with E-state index in [-0.39, 0.29) is 24.8 Å². The molecule has 6 heteroatoms. The van der Waals surface area contributed by atoms with Gasteiger partial charge in [-0.2, -0.15) is 0 Å². The number of aryl methyl sites for hydroxylation is 1. The molecule has 0 unspecified atom stereocenters. The first-order chi connectivity index (χ1) is 12.1. The third-order valence-corrected chi connectivity index (χ3v) is 3.58. The van der Waals surface area contributed by atoms with Gasteiger partial charge in [0.05, 0.1) is 19.6 Å². The molecule has 0 atom stereocenters. The number of hydrogen-bond donors (Lipinski definition) is 3. The molecule has 2 rings (SSSR count). The molecule has 0 saturated heterocycles. The molecular formula is C19H23N3O3. The van der Waals surface area contributed by atoms with Crippen molar-refractivity contribution >= 4 is 23.2 Å². The summed E-state index contributed by atoms with van der Waals surface area (Å²) in [5.41, 5.74) is 7.60. The highest BCUT2D eigenvalue weighted by atomic mass is 16.5. The van der Waals surface area contributed by atoms with E-state index < -0.39 is 0 Å². The van der Waals surface area contributed by atoms with Crippen molar-refractivity contribution in [1.82, 2.24) is 0 Å². The highest BCUT2D eigenvalue weighted by molar-refractivity contribution is 5.95. The fraction of sp³-hybridized carbons (Fsp3) is 0.263. The van der Waals surface area contributed by atoms with Gasteiger partial charge in [0.25, 0.3) is 0 Å². The van der Waals surface area contributed by atoms with E-state index in [2.05, 4.69) is 10.6 Å². The number of rotatable bonds is 8. The summed E-state index contributed by atoms with van der Waals surface area (Å²) in [5.74, 6) is 0.306. The van der Waals surface area contributed by atoms with Crippen LogP contribution in [0.5, 0.6) is 5.75 Å². The van der Waals surface area contributed by atoms with E-state index in [1.54, 1.807) is 6.07 Å². The van der Waals surface area contributed by atoms with Gasteiger partial charge in [-0.3, -0.25) is 9.59 Å². The molecule has 2 amide bonds. The van der Waals surface area contributed by atoms with Crippen molar-refractivity contribution in [3.8, 4) is 5.75 Å². The number of hydrogen-bond acceptors (Lipinski definition) is 4. The number of amides is 2. The Morgan fingerprint density at radius 2 is 1.80 bits per heavy atom. The summed E-state index contributed by atoms with van der Waals surface area (Å²) in [5, 5.41) is 5.56. The van der Waals surface area contributed by atoms with Crippen LogP contribution in [0.4, 0.5) is 11.4 Å². The predicted molar refractivity (Wildman–Crippen MR) is 98.7 cm³/mol. The van der Waals surface area contributed by atoms with Gasteiger partial charge in [0, 0.05) is 11.4 Å². The fourth-order valence-electron chi connectivity index (χ4n) is 2.28. The smallest absolute Gasteiger partial charge is 0.238 e. The topological polar surface area (TPSA) is 93.5 Å². The number of anilines is 2. The van der Waals surface area contributed by atoms with Crippen LogP contribution in [-0.4, -0.2) is 25.0 Å². The molecule has 0 bridgehead atoms. The van der Waals surface area contributed by atoms with E-state index in [1.165, 1.54) is 0 Å². The van der Waals surface area contributed by atoms with Crippen LogP contribution >= 0.6 is 0 Å². The minimum Gasteiger partial charge on any atom is -0.493 e. The quantitative estimate of drug-likeness (QED) is 0.688. The van der Waals surface area contributed by atoms with Gasteiger partial charge in [0.2, 0.25) is 11.8 Å². The number of nitrogens with two attached hydrogens (primary N) is 1. The van der Waals surface area contributed by atoms with Crippen molar-refractivity contribution in [2.24, 2.45) is 5.73 Å². The summed E-state index contributed by atoms with van der Waals surface area (Å²) >= 11 is 0. The maximum Gasteiger partial charge on any atom is 0.238 e. The largest absolute Gasteiger partial charge is 0.493 e. The van der Waals surface area contributed by atoms with Gasteiger partial charge in [-0.15, -0.1) is 0 Å². The van der Waals surface area contributed by atoms with Gasteiger partial charge < -0.3 is 21.1 Å². The monoisotopic (exact) mass is 341 g/mol. The van der Waals surface area contributed by atoms with Crippen molar-refractivity contribution in [3.63, 3.8) is 0 Å². The van der Waals surface area contributed by atoms with Crippen molar-refractivity contribution in [2.75, 3.05) is 23.8 Å². The van der Waals surface area contributed by atoms with E-state index in [0.29, 0.717) is 18.0 Å². The first-order valence-corrected chi connectivity index (χ1v) is 8.23. The lowest BCUT2D eigenvalue weighted by Gasteiger charge is -2.12. The molecule has 0 fully saturated rings. The number of benzene rings is 2. The Bertz CT molecular complexity index is 717. The average Bonchev–Trinajstić information content (AvgIpc) is 2.62. The molecule has 2 aromatic carbocycles. The van der Waals surface area contributed by atoms with Crippen LogP contribution in [0.2, 0.25) is 0 Å². The van der Waals surface area contributed by atoms with Gasteiger partial charge >= 0.3 is 0 Å². The van der Waals surface area contributed by atoms with E-state index in [1.807, 2.05) is 49.4 Å². The Kier molecular flexibility index (Phi) is 6.98. The minimum absolute atomic E-state index is 0.0867. The molecule has 2 aromatic rings. The maximum absolute atomic E-state index is 12.0. The molecule has 4 N–H and O–H groups in total. The normalized spacial score (nSPS) is 10.2. The third-order valence-electron chi connectivity index (χ3n) is 3.58. The van der Waals surface area contributed by atoms with Crippen molar-refractivity contribution < 1.29 is 14.3 Å². The van der Waals surface area contributed by atoms with Crippen molar-refractivity contribution in [2.45, 2.75) is 19.8 Å². The number of para-hydroxylation sites is 1. The Morgan fingerprint density at radius 1 is 1.04 bits per heavy atom. The third kappa shape index (κ3) is 5.93. The highest BCUT2D eigenvalue weighted by Gasteiger charge is 2.08. The summed E-state index contributed by atoms with van der Waals surface area (Å²) in [7, 11) is 0. The molecule has 0 spiro atoms. The molecule has 0 aliphatic carbocycles. The molecule has 0 aliphatic heterocycles. The van der Waals surface area contributed by atoms with Crippen LogP contribution in [0, 0.1) is 0 Å². The Morgan fingerprint density at radius 3 is 2.48 bits per heavy atom. The lowest BCUT2D eigenvalue weighted by molar-refractivity contribution is -0.117. The molecule has 0 aliphatic rings. The molecule has 0 saturated carbocycles. The molecule has 25 heavy (non-hydrogen) atoms. The second kappa shape index (κ2) is 9.44. The fourth-order valence-corrected chi connectivity index (χ4v) is 2.28. The number of carbonyl (C=O) groups is 2. The number of nitrogens with one attached hydrogen (secondary N) is 2. The molecule has 0 heterocycles. The Labute approximate surface area is 147 Å². The lowest BCUT2D eigenvalue weighted by Crippen LogP contribution is -2.22. The second-order valence-electron chi connectivity index (χ2n) is 5.44. The summed E-state index contributed by atoms with van der Waals surface area (Å²) < 4.78 is 5.51. The summed E-state index contributed by atoms with van der Waals surface area (Å²) in [4.78, 5) is 23.6. The summed E-state index contributed by atoms with van der Waals surface area (Å²) in [6.07, 6.45) is 0.994. The molecule has 132 valence electrons. The average molecular weight is 341 g/mol. The van der Waals surface area contributed by atoms with Gasteiger partial charge in [0.1, 0.15) is 5.75 Å².